The van der Waals surface area contributed by atoms with E-state index in [9.17, 15) is 14.7 Å². The summed E-state index contributed by atoms with van der Waals surface area (Å²) in [6.07, 6.45) is 2.09. The van der Waals surface area contributed by atoms with E-state index in [1.807, 2.05) is 37.3 Å². The number of carboxylic acid groups (broad SMARTS) is 1. The van der Waals surface area contributed by atoms with Crippen molar-refractivity contribution >= 4 is 11.8 Å². The van der Waals surface area contributed by atoms with Gasteiger partial charge in [-0.2, -0.15) is 0 Å². The zero-order chi connectivity index (χ0) is 22.4. The SMILES string of the molecule is CCCc1c(OCc2ccc(Cc3cccc(C(=O)O)c3)cc2)ccc(C(C)=O)c1O. The predicted octanol–water partition coefficient (Wildman–Crippen LogP) is 5.42. The first-order valence-corrected chi connectivity index (χ1v) is 10.3. The number of aromatic carboxylic acids is 1. The molecule has 0 amide bonds. The molecule has 0 aliphatic heterocycles. The van der Waals surface area contributed by atoms with Crippen LogP contribution in [0.15, 0.2) is 60.7 Å². The van der Waals surface area contributed by atoms with E-state index < -0.39 is 5.97 Å². The van der Waals surface area contributed by atoms with Gasteiger partial charge in [0.2, 0.25) is 0 Å². The Bertz CT molecular complexity index is 1080. The van der Waals surface area contributed by atoms with E-state index in [0.717, 1.165) is 23.1 Å². The van der Waals surface area contributed by atoms with Gasteiger partial charge in [0.1, 0.15) is 18.1 Å². The second-order valence-corrected chi connectivity index (χ2v) is 7.53. The molecule has 2 N–H and O–H groups in total. The molecule has 5 heteroatoms. The minimum absolute atomic E-state index is 0.00536. The van der Waals surface area contributed by atoms with Gasteiger partial charge in [0.05, 0.1) is 11.1 Å². The normalized spacial score (nSPS) is 10.6. The summed E-state index contributed by atoms with van der Waals surface area (Å²) < 4.78 is 5.95. The number of hydrogen-bond acceptors (Lipinski definition) is 4. The molecule has 3 rings (SSSR count). The molecule has 0 unspecified atom stereocenters. The Morgan fingerprint density at radius 3 is 2.29 bits per heavy atom. The summed E-state index contributed by atoms with van der Waals surface area (Å²) in [5.41, 5.74) is 4.23. The van der Waals surface area contributed by atoms with Gasteiger partial charge >= 0.3 is 5.97 Å². The number of ether oxygens (including phenoxy) is 1. The van der Waals surface area contributed by atoms with Crippen LogP contribution in [0.1, 0.15) is 63.2 Å². The molecule has 0 bridgehead atoms. The first-order valence-electron chi connectivity index (χ1n) is 10.3. The highest BCUT2D eigenvalue weighted by atomic mass is 16.5. The standard InChI is InChI=1S/C26H26O5/c1-3-5-23-24(13-12-22(17(2)27)25(23)28)31-16-19-10-8-18(9-11-19)14-20-6-4-7-21(15-20)26(29)30/h4,6-13,15,28H,3,5,14,16H2,1-2H3,(H,29,30). The Labute approximate surface area is 181 Å². The number of benzene rings is 3. The first kappa shape index (κ1) is 22.1. The third-order valence-corrected chi connectivity index (χ3v) is 5.12. The molecule has 0 heterocycles. The molecule has 0 aromatic heterocycles. The van der Waals surface area contributed by atoms with Gasteiger partial charge in [-0.25, -0.2) is 4.79 Å². The van der Waals surface area contributed by atoms with Crippen LogP contribution in [0.2, 0.25) is 0 Å². The van der Waals surface area contributed by atoms with Gasteiger partial charge in [0.15, 0.2) is 5.78 Å². The summed E-state index contributed by atoms with van der Waals surface area (Å²) in [5.74, 6) is -0.519. The maximum Gasteiger partial charge on any atom is 0.335 e. The van der Waals surface area contributed by atoms with E-state index in [0.29, 0.717) is 36.3 Å². The number of aromatic hydroxyl groups is 1. The van der Waals surface area contributed by atoms with Crippen LogP contribution in [0, 0.1) is 0 Å². The van der Waals surface area contributed by atoms with Crippen molar-refractivity contribution in [2.24, 2.45) is 0 Å². The number of rotatable bonds is 9. The van der Waals surface area contributed by atoms with Crippen LogP contribution in [-0.2, 0) is 19.4 Å². The lowest BCUT2D eigenvalue weighted by molar-refractivity contribution is 0.0696. The van der Waals surface area contributed by atoms with Crippen molar-refractivity contribution in [3.8, 4) is 11.5 Å². The lowest BCUT2D eigenvalue weighted by Crippen LogP contribution is -2.02. The number of carboxylic acids is 1. The third-order valence-electron chi connectivity index (χ3n) is 5.12. The Balaban J connectivity index is 1.69. The lowest BCUT2D eigenvalue weighted by Gasteiger charge is -2.15. The van der Waals surface area contributed by atoms with Crippen LogP contribution in [0.4, 0.5) is 0 Å². The highest BCUT2D eigenvalue weighted by molar-refractivity contribution is 5.97. The van der Waals surface area contributed by atoms with E-state index in [1.54, 1.807) is 30.3 Å². The van der Waals surface area contributed by atoms with Crippen LogP contribution in [-0.4, -0.2) is 22.0 Å². The Hall–Kier alpha value is -3.60. The van der Waals surface area contributed by atoms with E-state index in [1.165, 1.54) is 6.92 Å². The fourth-order valence-electron chi connectivity index (χ4n) is 3.49. The van der Waals surface area contributed by atoms with E-state index in [4.69, 9.17) is 9.84 Å². The minimum atomic E-state index is -0.931. The largest absolute Gasteiger partial charge is 0.507 e. The number of carbonyl (C=O) groups is 2. The van der Waals surface area contributed by atoms with Gasteiger partial charge in [-0.1, -0.05) is 49.7 Å². The number of phenols is 1. The molecule has 31 heavy (non-hydrogen) atoms. The van der Waals surface area contributed by atoms with Crippen molar-refractivity contribution < 1.29 is 24.5 Å². The van der Waals surface area contributed by atoms with Crippen LogP contribution in [0.3, 0.4) is 0 Å². The van der Waals surface area contributed by atoms with Crippen LogP contribution < -0.4 is 4.74 Å². The number of carbonyl (C=O) groups excluding carboxylic acids is 1. The second-order valence-electron chi connectivity index (χ2n) is 7.53. The van der Waals surface area contributed by atoms with Crippen molar-refractivity contribution in [3.63, 3.8) is 0 Å². The molecule has 0 aliphatic rings. The molecule has 5 nitrogen and oxygen atoms in total. The second kappa shape index (κ2) is 9.94. The zero-order valence-electron chi connectivity index (χ0n) is 17.7. The lowest BCUT2D eigenvalue weighted by atomic mass is 10.0. The maximum atomic E-state index is 11.7. The molecule has 3 aromatic rings. The average Bonchev–Trinajstić information content (AvgIpc) is 2.75. The summed E-state index contributed by atoms with van der Waals surface area (Å²) in [5, 5.41) is 19.6. The number of hydrogen-bond donors (Lipinski definition) is 2. The highest BCUT2D eigenvalue weighted by Crippen LogP contribution is 2.33. The topological polar surface area (TPSA) is 83.8 Å². The van der Waals surface area contributed by atoms with Gasteiger partial charge in [-0.05, 0) is 60.7 Å². The van der Waals surface area contributed by atoms with E-state index >= 15 is 0 Å². The zero-order valence-corrected chi connectivity index (χ0v) is 17.7. The maximum absolute atomic E-state index is 11.7. The number of phenolic OH excluding ortho intramolecular Hbond substituents is 1. The third kappa shape index (κ3) is 5.51. The van der Waals surface area contributed by atoms with Gasteiger partial charge in [0.25, 0.3) is 0 Å². The first-order chi connectivity index (χ1) is 14.9. The van der Waals surface area contributed by atoms with Gasteiger partial charge < -0.3 is 14.9 Å². The predicted molar refractivity (Wildman–Crippen MR) is 119 cm³/mol. The number of Topliss-reactive ketones (excluding diaryl/α,β-unsaturated/α-hetero) is 1. The Morgan fingerprint density at radius 2 is 1.65 bits per heavy atom. The van der Waals surface area contributed by atoms with E-state index in [2.05, 4.69) is 0 Å². The van der Waals surface area contributed by atoms with Crippen molar-refractivity contribution in [1.29, 1.82) is 0 Å². The molecule has 0 radical (unpaired) electrons. The fourth-order valence-corrected chi connectivity index (χ4v) is 3.49. The molecule has 0 fully saturated rings. The average molecular weight is 418 g/mol. The van der Waals surface area contributed by atoms with Crippen molar-refractivity contribution in [2.75, 3.05) is 0 Å². The van der Waals surface area contributed by atoms with Crippen molar-refractivity contribution in [3.05, 3.63) is 94.0 Å². The Morgan fingerprint density at radius 1 is 0.935 bits per heavy atom. The monoisotopic (exact) mass is 418 g/mol. The van der Waals surface area contributed by atoms with Gasteiger partial charge in [-0.15, -0.1) is 0 Å². The minimum Gasteiger partial charge on any atom is -0.507 e. The van der Waals surface area contributed by atoms with Crippen LogP contribution >= 0.6 is 0 Å². The highest BCUT2D eigenvalue weighted by Gasteiger charge is 2.16. The molecular formula is C26H26O5. The van der Waals surface area contributed by atoms with Gasteiger partial charge in [0, 0.05) is 5.56 Å². The van der Waals surface area contributed by atoms with Gasteiger partial charge in [-0.3, -0.25) is 4.79 Å². The van der Waals surface area contributed by atoms with E-state index in [-0.39, 0.29) is 17.1 Å². The molecule has 0 atom stereocenters. The molecule has 160 valence electrons. The summed E-state index contributed by atoms with van der Waals surface area (Å²) in [4.78, 5) is 22.8. The van der Waals surface area contributed by atoms with Crippen LogP contribution in [0.25, 0.3) is 0 Å². The smallest absolute Gasteiger partial charge is 0.335 e. The summed E-state index contributed by atoms with van der Waals surface area (Å²) >= 11 is 0. The quantitative estimate of drug-likeness (QED) is 0.454. The summed E-state index contributed by atoms with van der Waals surface area (Å²) in [6, 6.07) is 18.2. The summed E-state index contributed by atoms with van der Waals surface area (Å²) in [7, 11) is 0. The molecule has 0 spiro atoms. The fraction of sp³-hybridized carbons (Fsp3) is 0.231. The molecule has 0 saturated carbocycles. The molecule has 0 saturated heterocycles. The molecule has 3 aromatic carbocycles. The summed E-state index contributed by atoms with van der Waals surface area (Å²) in [6.45, 7) is 3.78. The molecular weight excluding hydrogens is 392 g/mol. The Kier molecular flexibility index (Phi) is 7.08. The number of ketones is 1. The molecule has 0 aliphatic carbocycles. The van der Waals surface area contributed by atoms with Crippen molar-refractivity contribution in [2.45, 2.75) is 39.7 Å². The van der Waals surface area contributed by atoms with Crippen LogP contribution in [0.5, 0.6) is 11.5 Å². The van der Waals surface area contributed by atoms with Crippen molar-refractivity contribution in [1.82, 2.24) is 0 Å².